The molecule has 1 aliphatic heterocycles. The molecule has 118 valence electrons. The van der Waals surface area contributed by atoms with Gasteiger partial charge >= 0.3 is 0 Å². The van der Waals surface area contributed by atoms with E-state index in [2.05, 4.69) is 44.4 Å². The van der Waals surface area contributed by atoms with Gasteiger partial charge in [-0.15, -0.1) is 0 Å². The largest absolute Gasteiger partial charge is 0.476 e. The van der Waals surface area contributed by atoms with Gasteiger partial charge in [0.2, 0.25) is 5.88 Å². The SMILES string of the molecule is CN(C)CCOc1nccc2c(N3CCNCC3)cccc12. The Balaban J connectivity index is 1.88. The number of aromatic nitrogens is 1. The third kappa shape index (κ3) is 3.31. The van der Waals surface area contributed by atoms with Crippen LogP contribution in [0.2, 0.25) is 0 Å². The Kier molecular flexibility index (Phi) is 4.75. The first-order valence-electron chi connectivity index (χ1n) is 7.86. The maximum atomic E-state index is 5.89. The summed E-state index contributed by atoms with van der Waals surface area (Å²) in [5.74, 6) is 0.733. The van der Waals surface area contributed by atoms with Crippen molar-refractivity contribution < 1.29 is 4.74 Å². The van der Waals surface area contributed by atoms with Gasteiger partial charge in [-0.3, -0.25) is 0 Å². The van der Waals surface area contributed by atoms with Crippen molar-refractivity contribution in [2.24, 2.45) is 0 Å². The van der Waals surface area contributed by atoms with Crippen LogP contribution in [0.5, 0.6) is 5.88 Å². The molecule has 0 unspecified atom stereocenters. The van der Waals surface area contributed by atoms with E-state index in [-0.39, 0.29) is 0 Å². The van der Waals surface area contributed by atoms with Crippen molar-refractivity contribution in [2.75, 3.05) is 58.3 Å². The van der Waals surface area contributed by atoms with Crippen molar-refractivity contribution in [3.63, 3.8) is 0 Å². The smallest absolute Gasteiger partial charge is 0.221 e. The maximum Gasteiger partial charge on any atom is 0.221 e. The molecule has 2 aromatic rings. The summed E-state index contributed by atoms with van der Waals surface area (Å²) in [5.41, 5.74) is 1.28. The summed E-state index contributed by atoms with van der Waals surface area (Å²) in [6, 6.07) is 8.47. The van der Waals surface area contributed by atoms with E-state index in [9.17, 15) is 0 Å². The molecule has 2 heterocycles. The van der Waals surface area contributed by atoms with Crippen LogP contribution in [0.3, 0.4) is 0 Å². The molecular weight excluding hydrogens is 276 g/mol. The lowest BCUT2D eigenvalue weighted by atomic mass is 10.1. The molecule has 0 bridgehead atoms. The summed E-state index contributed by atoms with van der Waals surface area (Å²) in [6.07, 6.45) is 1.85. The third-order valence-corrected chi connectivity index (χ3v) is 3.98. The number of hydrogen-bond acceptors (Lipinski definition) is 5. The van der Waals surface area contributed by atoms with Gasteiger partial charge in [0.25, 0.3) is 0 Å². The Morgan fingerprint density at radius 2 is 2.00 bits per heavy atom. The monoisotopic (exact) mass is 300 g/mol. The fraction of sp³-hybridized carbons (Fsp3) is 0.471. The van der Waals surface area contributed by atoms with Crippen LogP contribution < -0.4 is 15.0 Å². The summed E-state index contributed by atoms with van der Waals surface area (Å²) in [4.78, 5) is 8.96. The van der Waals surface area contributed by atoms with Crippen LogP contribution in [0.4, 0.5) is 5.69 Å². The number of ether oxygens (including phenoxy) is 1. The highest BCUT2D eigenvalue weighted by molar-refractivity contribution is 5.97. The molecule has 1 aromatic carbocycles. The average molecular weight is 300 g/mol. The van der Waals surface area contributed by atoms with Gasteiger partial charge in [0.05, 0.1) is 0 Å². The Bertz CT molecular complexity index is 623. The number of pyridine rings is 1. The van der Waals surface area contributed by atoms with E-state index in [1.54, 1.807) is 0 Å². The number of nitrogens with one attached hydrogen (secondary N) is 1. The van der Waals surface area contributed by atoms with Gasteiger partial charge in [-0.25, -0.2) is 4.98 Å². The van der Waals surface area contributed by atoms with E-state index >= 15 is 0 Å². The number of benzene rings is 1. The van der Waals surface area contributed by atoms with Gasteiger partial charge in [-0.2, -0.15) is 0 Å². The highest BCUT2D eigenvalue weighted by Crippen LogP contribution is 2.31. The van der Waals surface area contributed by atoms with Crippen LogP contribution in [0.1, 0.15) is 0 Å². The van der Waals surface area contributed by atoms with E-state index in [0.29, 0.717) is 6.61 Å². The van der Waals surface area contributed by atoms with Gasteiger partial charge in [0.1, 0.15) is 6.61 Å². The second-order valence-corrected chi connectivity index (χ2v) is 5.88. The van der Waals surface area contributed by atoms with E-state index < -0.39 is 0 Å². The first-order chi connectivity index (χ1) is 10.8. The molecule has 0 atom stereocenters. The quantitative estimate of drug-likeness (QED) is 0.908. The van der Waals surface area contributed by atoms with Crippen molar-refractivity contribution >= 4 is 16.5 Å². The number of piperazine rings is 1. The minimum absolute atomic E-state index is 0.650. The van der Waals surface area contributed by atoms with Crippen molar-refractivity contribution in [1.29, 1.82) is 0 Å². The van der Waals surface area contributed by atoms with Crippen molar-refractivity contribution in [1.82, 2.24) is 15.2 Å². The average Bonchev–Trinajstić information content (AvgIpc) is 2.55. The first-order valence-corrected chi connectivity index (χ1v) is 7.86. The van der Waals surface area contributed by atoms with Crippen molar-refractivity contribution in [2.45, 2.75) is 0 Å². The van der Waals surface area contributed by atoms with Crippen molar-refractivity contribution in [3.8, 4) is 5.88 Å². The minimum atomic E-state index is 0.650. The van der Waals surface area contributed by atoms with Gasteiger partial charge in [0.15, 0.2) is 0 Å². The van der Waals surface area contributed by atoms with Crippen LogP contribution in [-0.2, 0) is 0 Å². The summed E-state index contributed by atoms with van der Waals surface area (Å²) < 4.78 is 5.89. The number of fused-ring (bicyclic) bond motifs is 1. The molecule has 0 radical (unpaired) electrons. The molecule has 0 spiro atoms. The van der Waals surface area contributed by atoms with Gasteiger partial charge in [0, 0.05) is 55.4 Å². The molecule has 0 saturated carbocycles. The predicted molar refractivity (Wildman–Crippen MR) is 90.9 cm³/mol. The highest BCUT2D eigenvalue weighted by atomic mass is 16.5. The van der Waals surface area contributed by atoms with Gasteiger partial charge in [-0.1, -0.05) is 6.07 Å². The van der Waals surface area contributed by atoms with E-state index in [1.807, 2.05) is 20.3 Å². The summed E-state index contributed by atoms with van der Waals surface area (Å²) in [6.45, 7) is 5.68. The highest BCUT2D eigenvalue weighted by Gasteiger charge is 2.14. The molecule has 1 N–H and O–H groups in total. The lowest BCUT2D eigenvalue weighted by Gasteiger charge is -2.30. The molecule has 1 saturated heterocycles. The van der Waals surface area contributed by atoms with E-state index in [1.165, 1.54) is 11.1 Å². The number of hydrogen-bond donors (Lipinski definition) is 1. The number of nitrogens with zero attached hydrogens (tertiary/aromatic N) is 3. The van der Waals surface area contributed by atoms with Crippen LogP contribution >= 0.6 is 0 Å². The molecule has 1 aliphatic rings. The Hall–Kier alpha value is -1.85. The zero-order chi connectivity index (χ0) is 15.4. The molecule has 5 nitrogen and oxygen atoms in total. The molecule has 0 amide bonds. The number of likely N-dealkylation sites (N-methyl/N-ethyl adjacent to an activating group) is 1. The fourth-order valence-electron chi connectivity index (χ4n) is 2.79. The zero-order valence-corrected chi connectivity index (χ0v) is 13.4. The fourth-order valence-corrected chi connectivity index (χ4v) is 2.79. The second kappa shape index (κ2) is 6.94. The summed E-state index contributed by atoms with van der Waals surface area (Å²) in [5, 5.41) is 5.72. The Labute approximate surface area is 131 Å². The minimum Gasteiger partial charge on any atom is -0.476 e. The Morgan fingerprint density at radius 3 is 2.77 bits per heavy atom. The summed E-state index contributed by atoms with van der Waals surface area (Å²) in [7, 11) is 4.09. The molecular formula is C17H24N4O. The lowest BCUT2D eigenvalue weighted by Crippen LogP contribution is -2.43. The maximum absolute atomic E-state index is 5.89. The lowest BCUT2D eigenvalue weighted by molar-refractivity contribution is 0.256. The first kappa shape index (κ1) is 15.1. The topological polar surface area (TPSA) is 40.6 Å². The van der Waals surface area contributed by atoms with Gasteiger partial charge < -0.3 is 19.9 Å². The zero-order valence-electron chi connectivity index (χ0n) is 13.4. The molecule has 0 aliphatic carbocycles. The number of rotatable bonds is 5. The molecule has 1 aromatic heterocycles. The van der Waals surface area contributed by atoms with Crippen molar-refractivity contribution in [3.05, 3.63) is 30.5 Å². The third-order valence-electron chi connectivity index (χ3n) is 3.98. The molecule has 1 fully saturated rings. The number of anilines is 1. The normalized spacial score (nSPS) is 15.5. The van der Waals surface area contributed by atoms with Gasteiger partial charge in [-0.05, 0) is 32.3 Å². The molecule has 3 rings (SSSR count). The van der Waals surface area contributed by atoms with Crippen LogP contribution in [-0.4, -0.2) is 63.3 Å². The van der Waals surface area contributed by atoms with Crippen LogP contribution in [0, 0.1) is 0 Å². The Morgan fingerprint density at radius 1 is 1.18 bits per heavy atom. The van der Waals surface area contributed by atoms with E-state index in [4.69, 9.17) is 4.74 Å². The van der Waals surface area contributed by atoms with Crippen LogP contribution in [0.25, 0.3) is 10.8 Å². The molecule has 22 heavy (non-hydrogen) atoms. The van der Waals surface area contributed by atoms with E-state index in [0.717, 1.165) is 44.0 Å². The standard InChI is InChI=1S/C17H24N4O/c1-20(2)12-13-22-17-15-4-3-5-16(14(15)6-7-19-17)21-10-8-18-9-11-21/h3-7,18H,8-13H2,1-2H3. The summed E-state index contributed by atoms with van der Waals surface area (Å²) >= 11 is 0. The second-order valence-electron chi connectivity index (χ2n) is 5.88. The predicted octanol–water partition coefficient (Wildman–Crippen LogP) is 1.58. The molecule has 5 heteroatoms. The van der Waals surface area contributed by atoms with Crippen LogP contribution in [0.15, 0.2) is 30.5 Å².